The number of nitrogens with one attached hydrogen (secondary N) is 1. The maximum atomic E-state index is 4.53. The lowest BCUT2D eigenvalue weighted by molar-refractivity contribution is 1.26. The Morgan fingerprint density at radius 1 is 0.739 bits per heavy atom. The van der Waals surface area contributed by atoms with E-state index < -0.39 is 0 Å². The Balaban J connectivity index is 1.55. The second-order valence-corrected chi connectivity index (χ2v) is 5.37. The Morgan fingerprint density at radius 3 is 2.39 bits per heavy atom. The van der Waals surface area contributed by atoms with E-state index in [0.717, 1.165) is 22.3 Å². The standard InChI is InChI=1S/C20H15N3/c1-2-7-18-13-15(9-10-16(18)5-1)14-21-23-20-12-11-17-6-3-4-8-19(17)22-20/h1-14H,(H,22,23). The van der Waals surface area contributed by atoms with E-state index in [1.165, 1.54) is 10.8 Å². The Hall–Kier alpha value is -3.20. The first-order valence-electron chi connectivity index (χ1n) is 7.52. The SMILES string of the molecule is C(=NNc1ccc2ccccc2n1)c1ccc2ccccc2c1. The maximum Gasteiger partial charge on any atom is 0.146 e. The molecule has 0 atom stereocenters. The van der Waals surface area contributed by atoms with E-state index in [-0.39, 0.29) is 0 Å². The van der Waals surface area contributed by atoms with Gasteiger partial charge in [-0.3, -0.25) is 5.43 Å². The van der Waals surface area contributed by atoms with Gasteiger partial charge in [0.05, 0.1) is 11.7 Å². The molecule has 0 aliphatic heterocycles. The molecule has 0 saturated heterocycles. The molecule has 0 unspecified atom stereocenters. The molecular weight excluding hydrogens is 282 g/mol. The van der Waals surface area contributed by atoms with E-state index in [1.807, 2.05) is 54.7 Å². The van der Waals surface area contributed by atoms with E-state index in [4.69, 9.17) is 0 Å². The number of hydrogen-bond acceptors (Lipinski definition) is 3. The molecule has 23 heavy (non-hydrogen) atoms. The third-order valence-corrected chi connectivity index (χ3v) is 3.76. The molecule has 1 aromatic heterocycles. The molecular formula is C20H15N3. The van der Waals surface area contributed by atoms with Gasteiger partial charge in [0.1, 0.15) is 5.82 Å². The molecule has 0 aliphatic rings. The fourth-order valence-corrected chi connectivity index (χ4v) is 2.59. The molecule has 3 heteroatoms. The van der Waals surface area contributed by atoms with Crippen LogP contribution in [0, 0.1) is 0 Å². The first-order chi connectivity index (χ1) is 11.4. The number of nitrogens with zero attached hydrogens (tertiary/aromatic N) is 2. The molecule has 3 nitrogen and oxygen atoms in total. The zero-order valence-corrected chi connectivity index (χ0v) is 12.5. The smallest absolute Gasteiger partial charge is 0.146 e. The lowest BCUT2D eigenvalue weighted by atomic mass is 10.1. The molecule has 0 aliphatic carbocycles. The zero-order chi connectivity index (χ0) is 15.5. The predicted octanol–water partition coefficient (Wildman–Crippen LogP) is 4.83. The van der Waals surface area contributed by atoms with Crippen molar-refractivity contribution >= 4 is 33.7 Å². The van der Waals surface area contributed by atoms with Gasteiger partial charge in [0, 0.05) is 5.39 Å². The normalized spacial score (nSPS) is 11.3. The van der Waals surface area contributed by atoms with Gasteiger partial charge in [0.2, 0.25) is 0 Å². The summed E-state index contributed by atoms with van der Waals surface area (Å²) in [6.45, 7) is 0. The molecule has 1 N–H and O–H groups in total. The lowest BCUT2D eigenvalue weighted by Gasteiger charge is -2.02. The predicted molar refractivity (Wildman–Crippen MR) is 96.9 cm³/mol. The molecule has 0 amide bonds. The van der Waals surface area contributed by atoms with Crippen LogP contribution in [0.5, 0.6) is 0 Å². The van der Waals surface area contributed by atoms with Gasteiger partial charge in [0.25, 0.3) is 0 Å². The van der Waals surface area contributed by atoms with E-state index in [2.05, 4.69) is 45.8 Å². The van der Waals surface area contributed by atoms with Crippen molar-refractivity contribution in [2.24, 2.45) is 5.10 Å². The molecule has 4 rings (SSSR count). The van der Waals surface area contributed by atoms with Gasteiger partial charge in [-0.2, -0.15) is 5.10 Å². The number of hydrogen-bond donors (Lipinski definition) is 1. The highest BCUT2D eigenvalue weighted by molar-refractivity contribution is 5.90. The summed E-state index contributed by atoms with van der Waals surface area (Å²) in [5.74, 6) is 0.737. The summed E-state index contributed by atoms with van der Waals surface area (Å²) >= 11 is 0. The van der Waals surface area contributed by atoms with Crippen LogP contribution in [0.2, 0.25) is 0 Å². The van der Waals surface area contributed by atoms with Crippen molar-refractivity contribution in [1.29, 1.82) is 0 Å². The summed E-state index contributed by atoms with van der Waals surface area (Å²) in [6.07, 6.45) is 1.81. The second-order valence-electron chi connectivity index (χ2n) is 5.37. The largest absolute Gasteiger partial charge is 0.261 e. The van der Waals surface area contributed by atoms with Crippen LogP contribution in [0.1, 0.15) is 5.56 Å². The summed E-state index contributed by atoms with van der Waals surface area (Å²) in [5, 5.41) is 7.85. The van der Waals surface area contributed by atoms with E-state index in [0.29, 0.717) is 0 Å². The Kier molecular flexibility index (Phi) is 3.45. The lowest BCUT2D eigenvalue weighted by Crippen LogP contribution is -1.93. The van der Waals surface area contributed by atoms with E-state index in [1.54, 1.807) is 0 Å². The molecule has 0 bridgehead atoms. The van der Waals surface area contributed by atoms with Crippen molar-refractivity contribution in [3.8, 4) is 0 Å². The van der Waals surface area contributed by atoms with Gasteiger partial charge in [0.15, 0.2) is 0 Å². The van der Waals surface area contributed by atoms with Gasteiger partial charge < -0.3 is 0 Å². The van der Waals surface area contributed by atoms with Crippen molar-refractivity contribution < 1.29 is 0 Å². The molecule has 3 aromatic carbocycles. The third kappa shape index (κ3) is 2.90. The van der Waals surface area contributed by atoms with Crippen LogP contribution >= 0.6 is 0 Å². The van der Waals surface area contributed by atoms with E-state index in [9.17, 15) is 0 Å². The van der Waals surface area contributed by atoms with E-state index >= 15 is 0 Å². The second kappa shape index (κ2) is 5.89. The number of pyridine rings is 1. The average Bonchev–Trinajstić information content (AvgIpc) is 2.61. The summed E-state index contributed by atoms with van der Waals surface area (Å²) in [5.41, 5.74) is 5.00. The molecule has 110 valence electrons. The van der Waals surface area contributed by atoms with Crippen molar-refractivity contribution in [3.05, 3.63) is 84.4 Å². The number of para-hydroxylation sites is 1. The summed E-state index contributed by atoms with van der Waals surface area (Å²) in [4.78, 5) is 4.53. The Labute approximate surface area is 134 Å². The first-order valence-corrected chi connectivity index (χ1v) is 7.52. The number of rotatable bonds is 3. The van der Waals surface area contributed by atoms with Crippen LogP contribution in [0.15, 0.2) is 84.0 Å². The van der Waals surface area contributed by atoms with Gasteiger partial charge in [-0.25, -0.2) is 4.98 Å². The van der Waals surface area contributed by atoms with Gasteiger partial charge in [-0.05, 0) is 40.6 Å². The van der Waals surface area contributed by atoms with Crippen LogP contribution < -0.4 is 5.43 Å². The van der Waals surface area contributed by atoms with Crippen molar-refractivity contribution in [2.45, 2.75) is 0 Å². The Bertz CT molecular complexity index is 1010. The number of aromatic nitrogens is 1. The number of fused-ring (bicyclic) bond motifs is 2. The highest BCUT2D eigenvalue weighted by atomic mass is 15.3. The summed E-state index contributed by atoms with van der Waals surface area (Å²) in [7, 11) is 0. The molecule has 0 radical (unpaired) electrons. The molecule has 0 spiro atoms. The molecule has 0 saturated carbocycles. The van der Waals surface area contributed by atoms with Crippen LogP contribution in [-0.2, 0) is 0 Å². The van der Waals surface area contributed by atoms with Crippen LogP contribution in [0.3, 0.4) is 0 Å². The first kappa shape index (κ1) is 13.5. The van der Waals surface area contributed by atoms with Crippen molar-refractivity contribution in [3.63, 3.8) is 0 Å². The third-order valence-electron chi connectivity index (χ3n) is 3.76. The van der Waals surface area contributed by atoms with Crippen molar-refractivity contribution in [2.75, 3.05) is 5.43 Å². The minimum atomic E-state index is 0.737. The number of anilines is 1. The highest BCUT2D eigenvalue weighted by Crippen LogP contribution is 2.16. The van der Waals surface area contributed by atoms with Crippen LogP contribution in [-0.4, -0.2) is 11.2 Å². The van der Waals surface area contributed by atoms with Gasteiger partial charge in [-0.15, -0.1) is 0 Å². The molecule has 0 fully saturated rings. The maximum absolute atomic E-state index is 4.53. The Morgan fingerprint density at radius 2 is 1.48 bits per heavy atom. The van der Waals surface area contributed by atoms with Crippen molar-refractivity contribution in [1.82, 2.24) is 4.98 Å². The van der Waals surface area contributed by atoms with Gasteiger partial charge >= 0.3 is 0 Å². The number of hydrazone groups is 1. The van der Waals surface area contributed by atoms with Gasteiger partial charge in [-0.1, -0.05) is 54.6 Å². The average molecular weight is 297 g/mol. The molecule has 1 heterocycles. The van der Waals surface area contributed by atoms with Crippen LogP contribution in [0.25, 0.3) is 21.7 Å². The number of benzene rings is 3. The molecule has 4 aromatic rings. The fourth-order valence-electron chi connectivity index (χ4n) is 2.59. The fraction of sp³-hybridized carbons (Fsp3) is 0. The summed E-state index contributed by atoms with van der Waals surface area (Å²) in [6, 6.07) is 26.6. The minimum absolute atomic E-state index is 0.737. The highest BCUT2D eigenvalue weighted by Gasteiger charge is 1.96. The monoisotopic (exact) mass is 297 g/mol. The topological polar surface area (TPSA) is 37.3 Å². The minimum Gasteiger partial charge on any atom is -0.261 e. The summed E-state index contributed by atoms with van der Waals surface area (Å²) < 4.78 is 0. The zero-order valence-electron chi connectivity index (χ0n) is 12.5. The quantitative estimate of drug-likeness (QED) is 0.434. The van der Waals surface area contributed by atoms with Crippen LogP contribution in [0.4, 0.5) is 5.82 Å².